The van der Waals surface area contributed by atoms with Gasteiger partial charge in [-0.1, -0.05) is 63.3 Å². The van der Waals surface area contributed by atoms with E-state index in [1.54, 1.807) is 19.1 Å². The number of hydrogen-bond acceptors (Lipinski definition) is 2. The molecule has 0 atom stereocenters. The van der Waals surface area contributed by atoms with Gasteiger partial charge in [0.1, 0.15) is 0 Å². The van der Waals surface area contributed by atoms with Crippen LogP contribution < -0.4 is 4.74 Å². The van der Waals surface area contributed by atoms with Crippen molar-refractivity contribution in [3.05, 3.63) is 64.5 Å². The average molecular weight is 427 g/mol. The van der Waals surface area contributed by atoms with Gasteiger partial charge in [0.05, 0.1) is 6.61 Å². The molecule has 2 aromatic rings. The Hall–Kier alpha value is -2.16. The summed E-state index contributed by atoms with van der Waals surface area (Å²) in [5.74, 6) is -0.164. The maximum atomic E-state index is 14.3. The van der Waals surface area contributed by atoms with E-state index in [1.807, 2.05) is 6.92 Å². The molecule has 0 radical (unpaired) electrons. The van der Waals surface area contributed by atoms with Gasteiger partial charge in [0.25, 0.3) is 0 Å². The summed E-state index contributed by atoms with van der Waals surface area (Å²) >= 11 is 0. The van der Waals surface area contributed by atoms with Gasteiger partial charge < -0.3 is 4.74 Å². The Labute approximate surface area is 188 Å². The number of rotatable bonds is 15. The van der Waals surface area contributed by atoms with Crippen LogP contribution >= 0.6 is 0 Å². The van der Waals surface area contributed by atoms with E-state index in [-0.39, 0.29) is 11.5 Å². The monoisotopic (exact) mass is 426 g/mol. The molecule has 0 bridgehead atoms. The maximum absolute atomic E-state index is 14.3. The molecule has 170 valence electrons. The third-order valence-corrected chi connectivity index (χ3v) is 5.91. The smallest absolute Gasteiger partial charge is 0.168 e. The molecule has 0 saturated heterocycles. The molecule has 3 heteroatoms. The number of unbranched alkanes of at least 4 members (excludes halogenated alkanes) is 6. The van der Waals surface area contributed by atoms with Gasteiger partial charge in [-0.3, -0.25) is 4.79 Å². The lowest BCUT2D eigenvalue weighted by atomic mass is 9.98. The van der Waals surface area contributed by atoms with Crippen LogP contribution in [0.4, 0.5) is 4.39 Å². The molecule has 0 aliphatic heterocycles. The summed E-state index contributed by atoms with van der Waals surface area (Å²) < 4.78 is 19.6. The number of carbonyl (C=O) groups is 1. The zero-order valence-corrected chi connectivity index (χ0v) is 19.6. The second-order valence-electron chi connectivity index (χ2n) is 8.45. The largest absolute Gasteiger partial charge is 0.491 e. The van der Waals surface area contributed by atoms with Crippen LogP contribution in [0.1, 0.15) is 98.7 Å². The first-order chi connectivity index (χ1) is 15.1. The van der Waals surface area contributed by atoms with Gasteiger partial charge in [-0.05, 0) is 74.8 Å². The van der Waals surface area contributed by atoms with Gasteiger partial charge in [-0.15, -0.1) is 0 Å². The molecule has 0 saturated carbocycles. The van der Waals surface area contributed by atoms with Crippen LogP contribution in [0.25, 0.3) is 0 Å². The third kappa shape index (κ3) is 8.47. The quantitative estimate of drug-likeness (QED) is 0.213. The molecule has 0 heterocycles. The van der Waals surface area contributed by atoms with Gasteiger partial charge in [0, 0.05) is 12.0 Å². The molecule has 0 aromatic heterocycles. The minimum Gasteiger partial charge on any atom is -0.491 e. The highest BCUT2D eigenvalue weighted by molar-refractivity contribution is 5.97. The first-order valence-electron chi connectivity index (χ1n) is 12.1. The van der Waals surface area contributed by atoms with Crippen LogP contribution in [0, 0.1) is 12.7 Å². The number of aryl methyl sites for hydroxylation is 2. The number of Topliss-reactive ketones (excluding diaryl/α,β-unsaturated/α-hetero) is 1. The number of halogens is 1. The second-order valence-corrected chi connectivity index (χ2v) is 8.45. The fraction of sp³-hybridized carbons (Fsp3) is 0.536. The number of ether oxygens (including phenoxy) is 1. The van der Waals surface area contributed by atoms with E-state index in [0.29, 0.717) is 24.2 Å². The summed E-state index contributed by atoms with van der Waals surface area (Å²) in [5.41, 5.74) is 3.75. The minimum absolute atomic E-state index is 0.0264. The summed E-state index contributed by atoms with van der Waals surface area (Å²) in [6.45, 7) is 6.13. The van der Waals surface area contributed by atoms with Crippen molar-refractivity contribution in [2.24, 2.45) is 0 Å². The number of ketones is 1. The van der Waals surface area contributed by atoms with E-state index >= 15 is 0 Å². The summed E-state index contributed by atoms with van der Waals surface area (Å²) in [7, 11) is 0. The van der Waals surface area contributed by atoms with Crippen molar-refractivity contribution in [3.63, 3.8) is 0 Å². The van der Waals surface area contributed by atoms with E-state index < -0.39 is 5.82 Å². The minimum atomic E-state index is -0.415. The van der Waals surface area contributed by atoms with E-state index in [2.05, 4.69) is 31.2 Å². The van der Waals surface area contributed by atoms with Gasteiger partial charge in [0.2, 0.25) is 0 Å². The topological polar surface area (TPSA) is 26.3 Å². The third-order valence-electron chi connectivity index (χ3n) is 5.91. The zero-order valence-electron chi connectivity index (χ0n) is 19.6. The Kier molecular flexibility index (Phi) is 11.3. The van der Waals surface area contributed by atoms with E-state index in [1.165, 1.54) is 49.7 Å². The van der Waals surface area contributed by atoms with Gasteiger partial charge in [-0.25, -0.2) is 4.39 Å². The first-order valence-corrected chi connectivity index (χ1v) is 12.1. The maximum Gasteiger partial charge on any atom is 0.168 e. The molecule has 2 nitrogen and oxygen atoms in total. The SMILES string of the molecule is CCCCCc1ccc(CCCCCCCC(=O)c2ccc(OCC)c(F)c2C)cc1. The van der Waals surface area contributed by atoms with Gasteiger partial charge in [0.15, 0.2) is 17.3 Å². The predicted molar refractivity (Wildman–Crippen MR) is 128 cm³/mol. The lowest BCUT2D eigenvalue weighted by molar-refractivity contribution is 0.0978. The molecule has 0 N–H and O–H groups in total. The average Bonchev–Trinajstić information content (AvgIpc) is 2.77. The molecule has 0 unspecified atom stereocenters. The Bertz CT molecular complexity index is 795. The predicted octanol–water partition coefficient (Wildman–Crippen LogP) is 8.03. The van der Waals surface area contributed by atoms with Crippen molar-refractivity contribution in [1.29, 1.82) is 0 Å². The molecular formula is C28H39FO2. The highest BCUT2D eigenvalue weighted by Gasteiger charge is 2.15. The summed E-state index contributed by atoms with van der Waals surface area (Å²) in [6.07, 6.45) is 12.1. The molecule has 2 rings (SSSR count). The summed E-state index contributed by atoms with van der Waals surface area (Å²) in [6, 6.07) is 12.4. The van der Waals surface area contributed by atoms with Crippen molar-refractivity contribution in [1.82, 2.24) is 0 Å². The number of carbonyl (C=O) groups excluding carboxylic acids is 1. The van der Waals surface area contributed by atoms with Crippen molar-refractivity contribution >= 4 is 5.78 Å². The number of benzene rings is 2. The molecule has 0 aliphatic carbocycles. The molecule has 0 fully saturated rings. The molecule has 0 spiro atoms. The zero-order chi connectivity index (χ0) is 22.5. The summed E-state index contributed by atoms with van der Waals surface area (Å²) in [4.78, 5) is 12.5. The Balaban J connectivity index is 1.62. The standard InChI is InChI=1S/C28H39FO2/c1-4-6-10-13-23-16-18-24(19-17-23)14-11-8-7-9-12-15-26(30)25-20-21-27(31-5-2)28(29)22(25)3/h16-21H,4-15H2,1-3H3. The fourth-order valence-electron chi connectivity index (χ4n) is 3.96. The molecule has 2 aromatic carbocycles. The molecule has 0 amide bonds. The summed E-state index contributed by atoms with van der Waals surface area (Å²) in [5, 5.41) is 0. The van der Waals surface area contributed by atoms with Crippen molar-refractivity contribution in [2.45, 2.75) is 91.4 Å². The van der Waals surface area contributed by atoms with Crippen LogP contribution in [-0.2, 0) is 12.8 Å². The van der Waals surface area contributed by atoms with E-state index in [4.69, 9.17) is 4.74 Å². The van der Waals surface area contributed by atoms with Crippen molar-refractivity contribution in [3.8, 4) is 5.75 Å². The second kappa shape index (κ2) is 14.0. The van der Waals surface area contributed by atoms with Crippen LogP contribution in [0.15, 0.2) is 36.4 Å². The lowest BCUT2D eigenvalue weighted by Gasteiger charge is -2.10. The molecule has 31 heavy (non-hydrogen) atoms. The van der Waals surface area contributed by atoms with Crippen LogP contribution in [0.5, 0.6) is 5.75 Å². The van der Waals surface area contributed by atoms with Gasteiger partial charge >= 0.3 is 0 Å². The van der Waals surface area contributed by atoms with E-state index in [9.17, 15) is 9.18 Å². The Morgan fingerprint density at radius 1 is 0.806 bits per heavy atom. The highest BCUT2D eigenvalue weighted by atomic mass is 19.1. The van der Waals surface area contributed by atoms with Crippen LogP contribution in [-0.4, -0.2) is 12.4 Å². The molecule has 0 aliphatic rings. The van der Waals surface area contributed by atoms with Crippen molar-refractivity contribution in [2.75, 3.05) is 6.61 Å². The normalized spacial score (nSPS) is 11.0. The van der Waals surface area contributed by atoms with Crippen LogP contribution in [0.2, 0.25) is 0 Å². The van der Waals surface area contributed by atoms with Crippen molar-refractivity contribution < 1.29 is 13.9 Å². The lowest BCUT2D eigenvalue weighted by Crippen LogP contribution is -2.05. The molecular weight excluding hydrogens is 387 g/mol. The Morgan fingerprint density at radius 2 is 1.39 bits per heavy atom. The van der Waals surface area contributed by atoms with Gasteiger partial charge in [-0.2, -0.15) is 0 Å². The Morgan fingerprint density at radius 3 is 2.00 bits per heavy atom. The van der Waals surface area contributed by atoms with E-state index in [0.717, 1.165) is 25.7 Å². The fourth-order valence-corrected chi connectivity index (χ4v) is 3.96. The van der Waals surface area contributed by atoms with Crippen LogP contribution in [0.3, 0.4) is 0 Å². The first kappa shape index (κ1) is 25.1. The highest BCUT2D eigenvalue weighted by Crippen LogP contribution is 2.25. The number of hydrogen-bond donors (Lipinski definition) is 0.